The van der Waals surface area contributed by atoms with Gasteiger partial charge in [0.25, 0.3) is 0 Å². The Labute approximate surface area is 124 Å². The number of aliphatic hydroxyl groups excluding tert-OH is 1. The topological polar surface area (TPSA) is 76.3 Å². The largest absolute Gasteiger partial charge is 0.389 e. The molecule has 7 heteroatoms. The van der Waals surface area contributed by atoms with E-state index in [1.54, 1.807) is 24.2 Å². The van der Waals surface area contributed by atoms with E-state index < -0.39 is 6.10 Å². The van der Waals surface area contributed by atoms with Gasteiger partial charge in [0.1, 0.15) is 5.82 Å². The second kappa shape index (κ2) is 6.64. The van der Waals surface area contributed by atoms with E-state index in [9.17, 15) is 5.11 Å². The summed E-state index contributed by atoms with van der Waals surface area (Å²) in [5, 5.41) is 14.2. The Kier molecular flexibility index (Phi) is 4.87. The summed E-state index contributed by atoms with van der Waals surface area (Å²) in [5.41, 5.74) is 1.93. The fourth-order valence-corrected chi connectivity index (χ4v) is 2.15. The fraction of sp³-hybridized carbons (Fsp3) is 0.500. The highest BCUT2D eigenvalue weighted by Crippen LogP contribution is 2.13. The third-order valence-corrected chi connectivity index (χ3v) is 3.07. The van der Waals surface area contributed by atoms with Crippen molar-refractivity contribution in [2.75, 3.05) is 32.2 Å². The molecule has 0 amide bonds. The number of nitrogens with zero attached hydrogens (tertiary/aromatic N) is 5. The lowest BCUT2D eigenvalue weighted by Gasteiger charge is -2.21. The normalized spacial score (nSPS) is 12.4. The molecule has 21 heavy (non-hydrogen) atoms. The molecule has 0 fully saturated rings. The summed E-state index contributed by atoms with van der Waals surface area (Å²) in [4.78, 5) is 10.6. The molecule has 0 bridgehead atoms. The molecule has 0 spiro atoms. The average Bonchev–Trinajstić information content (AvgIpc) is 2.78. The summed E-state index contributed by atoms with van der Waals surface area (Å²) in [5.74, 6) is 1.33. The zero-order valence-corrected chi connectivity index (χ0v) is 12.8. The van der Waals surface area contributed by atoms with Crippen molar-refractivity contribution in [3.8, 4) is 5.82 Å². The van der Waals surface area contributed by atoms with E-state index in [4.69, 9.17) is 4.74 Å². The molecule has 1 N–H and O–H groups in total. The molecular weight excluding hydrogens is 270 g/mol. The average molecular weight is 291 g/mol. The van der Waals surface area contributed by atoms with Crippen LogP contribution in [0.1, 0.15) is 11.4 Å². The van der Waals surface area contributed by atoms with Gasteiger partial charge in [0.05, 0.1) is 30.8 Å². The summed E-state index contributed by atoms with van der Waals surface area (Å²) < 4.78 is 6.68. The van der Waals surface area contributed by atoms with Crippen LogP contribution in [0.4, 0.5) is 5.82 Å². The Morgan fingerprint density at radius 2 is 2.14 bits per heavy atom. The molecule has 7 nitrogen and oxygen atoms in total. The summed E-state index contributed by atoms with van der Waals surface area (Å²) >= 11 is 0. The summed E-state index contributed by atoms with van der Waals surface area (Å²) in [7, 11) is 3.42. The Hall–Kier alpha value is -1.99. The zero-order valence-electron chi connectivity index (χ0n) is 12.8. The van der Waals surface area contributed by atoms with E-state index in [2.05, 4.69) is 15.1 Å². The third kappa shape index (κ3) is 3.77. The SMILES string of the molecule is COC[C@H](O)CN(C)c1cncc(-n2nc(C)cc2C)n1. The monoisotopic (exact) mass is 291 g/mol. The molecule has 2 heterocycles. The van der Waals surface area contributed by atoms with Gasteiger partial charge in [-0.15, -0.1) is 0 Å². The van der Waals surface area contributed by atoms with Crippen LogP contribution in [-0.4, -0.2) is 58.3 Å². The summed E-state index contributed by atoms with van der Waals surface area (Å²) in [6.45, 7) is 4.62. The van der Waals surface area contributed by atoms with E-state index in [0.29, 0.717) is 18.2 Å². The number of likely N-dealkylation sites (N-methyl/N-ethyl adjacent to an activating group) is 1. The Bertz CT molecular complexity index is 599. The first-order valence-electron chi connectivity index (χ1n) is 6.75. The maximum atomic E-state index is 9.78. The standard InChI is InChI=1S/C14H21N5O2/c1-10-5-11(2)19(17-10)14-7-15-6-13(16-14)18(3)8-12(20)9-21-4/h5-7,12,20H,8-9H2,1-4H3/t12-/m1/s1. The van der Waals surface area contributed by atoms with Gasteiger partial charge in [-0.25, -0.2) is 9.67 Å². The van der Waals surface area contributed by atoms with Crippen molar-refractivity contribution < 1.29 is 9.84 Å². The number of ether oxygens (including phenoxy) is 1. The number of rotatable bonds is 6. The first kappa shape index (κ1) is 15.4. The van der Waals surface area contributed by atoms with E-state index in [1.807, 2.05) is 31.9 Å². The molecule has 2 aromatic rings. The number of hydrogen-bond donors (Lipinski definition) is 1. The maximum Gasteiger partial charge on any atom is 0.174 e. The van der Waals surface area contributed by atoms with Crippen LogP contribution in [0.5, 0.6) is 0 Å². The highest BCUT2D eigenvalue weighted by atomic mass is 16.5. The lowest BCUT2D eigenvalue weighted by molar-refractivity contribution is 0.0694. The summed E-state index contributed by atoms with van der Waals surface area (Å²) in [6.07, 6.45) is 2.76. The second-order valence-electron chi connectivity index (χ2n) is 5.06. The zero-order chi connectivity index (χ0) is 15.4. The Balaban J connectivity index is 2.19. The molecule has 0 aliphatic carbocycles. The molecule has 0 saturated heterocycles. The van der Waals surface area contributed by atoms with Crippen molar-refractivity contribution in [3.63, 3.8) is 0 Å². The van der Waals surface area contributed by atoms with Crippen molar-refractivity contribution in [1.29, 1.82) is 0 Å². The molecule has 0 aliphatic rings. The molecule has 0 aliphatic heterocycles. The number of methoxy groups -OCH3 is 1. The predicted octanol–water partition coefficient (Wildman–Crippen LogP) is 0.723. The van der Waals surface area contributed by atoms with Crippen molar-refractivity contribution in [2.24, 2.45) is 0 Å². The molecule has 2 aromatic heterocycles. The highest BCUT2D eigenvalue weighted by molar-refractivity contribution is 5.39. The van der Waals surface area contributed by atoms with E-state index in [0.717, 1.165) is 11.4 Å². The minimum Gasteiger partial charge on any atom is -0.389 e. The van der Waals surface area contributed by atoms with Crippen molar-refractivity contribution in [2.45, 2.75) is 20.0 Å². The van der Waals surface area contributed by atoms with Gasteiger partial charge >= 0.3 is 0 Å². The van der Waals surface area contributed by atoms with Crippen molar-refractivity contribution in [1.82, 2.24) is 19.7 Å². The van der Waals surface area contributed by atoms with E-state index >= 15 is 0 Å². The van der Waals surface area contributed by atoms with Crippen LogP contribution in [0.15, 0.2) is 18.5 Å². The van der Waals surface area contributed by atoms with E-state index in [-0.39, 0.29) is 6.61 Å². The van der Waals surface area contributed by atoms with Gasteiger partial charge in [-0.05, 0) is 19.9 Å². The van der Waals surface area contributed by atoms with Gasteiger partial charge < -0.3 is 14.7 Å². The lowest BCUT2D eigenvalue weighted by Crippen LogP contribution is -2.32. The molecule has 0 unspecified atom stereocenters. The van der Waals surface area contributed by atoms with Crippen LogP contribution in [0.2, 0.25) is 0 Å². The second-order valence-corrected chi connectivity index (χ2v) is 5.06. The van der Waals surface area contributed by atoms with Crippen molar-refractivity contribution in [3.05, 3.63) is 29.8 Å². The first-order valence-corrected chi connectivity index (χ1v) is 6.75. The molecule has 114 valence electrons. The minimum absolute atomic E-state index is 0.287. The smallest absolute Gasteiger partial charge is 0.174 e. The fourth-order valence-electron chi connectivity index (χ4n) is 2.15. The number of hydrogen-bond acceptors (Lipinski definition) is 6. The molecule has 2 rings (SSSR count). The predicted molar refractivity (Wildman–Crippen MR) is 79.8 cm³/mol. The maximum absolute atomic E-state index is 9.78. The van der Waals surface area contributed by atoms with Crippen LogP contribution < -0.4 is 4.90 Å². The van der Waals surface area contributed by atoms with Gasteiger partial charge in [0, 0.05) is 26.4 Å². The number of anilines is 1. The molecule has 0 aromatic carbocycles. The van der Waals surface area contributed by atoms with Crippen LogP contribution in [0.25, 0.3) is 5.82 Å². The molecule has 1 atom stereocenters. The first-order chi connectivity index (χ1) is 10.0. The van der Waals surface area contributed by atoms with Gasteiger partial charge in [0.15, 0.2) is 5.82 Å². The lowest BCUT2D eigenvalue weighted by atomic mass is 10.3. The summed E-state index contributed by atoms with van der Waals surface area (Å²) in [6, 6.07) is 1.99. The number of aryl methyl sites for hydroxylation is 2. The molecule has 0 radical (unpaired) electrons. The van der Waals surface area contributed by atoms with Crippen LogP contribution in [-0.2, 0) is 4.74 Å². The highest BCUT2D eigenvalue weighted by Gasteiger charge is 2.12. The molecular formula is C14H21N5O2. The van der Waals surface area contributed by atoms with Crippen LogP contribution in [0.3, 0.4) is 0 Å². The Morgan fingerprint density at radius 1 is 1.38 bits per heavy atom. The van der Waals surface area contributed by atoms with Crippen molar-refractivity contribution >= 4 is 5.82 Å². The van der Waals surface area contributed by atoms with Gasteiger partial charge in [-0.1, -0.05) is 0 Å². The van der Waals surface area contributed by atoms with E-state index in [1.165, 1.54) is 0 Å². The number of aliphatic hydroxyl groups is 1. The van der Waals surface area contributed by atoms with Gasteiger partial charge in [0.2, 0.25) is 0 Å². The Morgan fingerprint density at radius 3 is 2.76 bits per heavy atom. The van der Waals surface area contributed by atoms with Gasteiger partial charge in [-0.3, -0.25) is 4.98 Å². The minimum atomic E-state index is -0.570. The molecule has 0 saturated carbocycles. The van der Waals surface area contributed by atoms with Crippen LogP contribution in [0, 0.1) is 13.8 Å². The third-order valence-electron chi connectivity index (χ3n) is 3.07. The van der Waals surface area contributed by atoms with Crippen LogP contribution >= 0.6 is 0 Å². The number of aromatic nitrogens is 4. The van der Waals surface area contributed by atoms with Gasteiger partial charge in [-0.2, -0.15) is 5.10 Å². The quantitative estimate of drug-likeness (QED) is 0.845.